The van der Waals surface area contributed by atoms with Gasteiger partial charge in [-0.05, 0) is 61.7 Å². The van der Waals surface area contributed by atoms with E-state index in [9.17, 15) is 14.0 Å². The fraction of sp³-hybridized carbons (Fsp3) is 0.333. The second-order valence-electron chi connectivity index (χ2n) is 10.5. The van der Waals surface area contributed by atoms with Crippen LogP contribution in [0.2, 0.25) is 0 Å². The van der Waals surface area contributed by atoms with Crippen molar-refractivity contribution in [2.45, 2.75) is 25.8 Å². The van der Waals surface area contributed by atoms with Crippen LogP contribution >= 0.6 is 0 Å². The van der Waals surface area contributed by atoms with Crippen LogP contribution in [0.5, 0.6) is 5.75 Å². The van der Waals surface area contributed by atoms with Gasteiger partial charge in [-0.15, -0.1) is 0 Å². The Labute approximate surface area is 236 Å². The van der Waals surface area contributed by atoms with Crippen LogP contribution in [0.3, 0.4) is 0 Å². The highest BCUT2D eigenvalue weighted by atomic mass is 19.1. The minimum Gasteiger partial charge on any atom is -0.494 e. The largest absolute Gasteiger partial charge is 0.494 e. The molecule has 0 radical (unpaired) electrons. The van der Waals surface area contributed by atoms with Crippen molar-refractivity contribution < 1.29 is 18.7 Å². The molecule has 0 aliphatic carbocycles. The van der Waals surface area contributed by atoms with Gasteiger partial charge in [0.1, 0.15) is 0 Å². The van der Waals surface area contributed by atoms with Gasteiger partial charge in [0.15, 0.2) is 23.0 Å². The molecule has 212 valence electrons. The van der Waals surface area contributed by atoms with E-state index in [-0.39, 0.29) is 29.5 Å². The number of ether oxygens (including phenoxy) is 1. The number of methoxy groups -OCH3 is 1. The molecule has 0 atom stereocenters. The number of hydrogen-bond acceptors (Lipinski definition) is 7. The Bertz CT molecular complexity index is 1610. The molecule has 3 N–H and O–H groups in total. The highest BCUT2D eigenvalue weighted by Crippen LogP contribution is 2.29. The smallest absolute Gasteiger partial charge is 0.254 e. The summed E-state index contributed by atoms with van der Waals surface area (Å²) in [6.07, 6.45) is 6.43. The first-order valence-corrected chi connectivity index (χ1v) is 13.8. The molecule has 2 fully saturated rings. The quantitative estimate of drug-likeness (QED) is 0.319. The Morgan fingerprint density at radius 3 is 2.59 bits per heavy atom. The van der Waals surface area contributed by atoms with Crippen LogP contribution in [-0.2, 0) is 4.79 Å². The third-order valence-corrected chi connectivity index (χ3v) is 7.88. The standard InChI is InChI=1S/C30H32FN7O3/c1-18-13-21(4-5-23(18)30(40)37-10-7-19(8-11-37)29(39)36-22-15-32-16-22)35-27-28-34-17-25(38(28)12-9-33-27)20-3-6-26(41-2)24(31)14-20/h3-6,9,12-14,17,19,22,32H,7-8,10-11,15-16H2,1-2H3,(H,33,35)(H,36,39). The molecule has 4 aromatic rings. The maximum Gasteiger partial charge on any atom is 0.254 e. The first kappa shape index (κ1) is 26.7. The number of carbonyl (C=O) groups excluding carboxylic acids is 2. The molecule has 0 unspecified atom stereocenters. The number of nitrogens with zero attached hydrogens (tertiary/aromatic N) is 4. The molecule has 11 heteroatoms. The van der Waals surface area contributed by atoms with E-state index in [0.29, 0.717) is 54.2 Å². The maximum atomic E-state index is 14.3. The molecule has 2 aromatic carbocycles. The lowest BCUT2D eigenvalue weighted by molar-refractivity contribution is -0.127. The Balaban J connectivity index is 1.14. The lowest BCUT2D eigenvalue weighted by Gasteiger charge is -2.34. The van der Waals surface area contributed by atoms with Crippen LogP contribution < -0.4 is 20.7 Å². The third-order valence-electron chi connectivity index (χ3n) is 7.88. The summed E-state index contributed by atoms with van der Waals surface area (Å²) in [7, 11) is 1.43. The number of likely N-dealkylation sites (tertiary alicyclic amines) is 1. The summed E-state index contributed by atoms with van der Waals surface area (Å²) in [6, 6.07) is 10.6. The molecule has 2 aliphatic rings. The zero-order valence-corrected chi connectivity index (χ0v) is 23.0. The predicted octanol–water partition coefficient (Wildman–Crippen LogP) is 3.54. The molecular formula is C30H32FN7O3. The van der Waals surface area contributed by atoms with Crippen molar-refractivity contribution in [3.63, 3.8) is 0 Å². The van der Waals surface area contributed by atoms with Gasteiger partial charge in [-0.2, -0.15) is 0 Å². The first-order valence-electron chi connectivity index (χ1n) is 13.8. The number of benzene rings is 2. The zero-order valence-electron chi connectivity index (χ0n) is 23.0. The van der Waals surface area contributed by atoms with Crippen LogP contribution in [0.4, 0.5) is 15.9 Å². The lowest BCUT2D eigenvalue weighted by atomic mass is 9.94. The summed E-state index contributed by atoms with van der Waals surface area (Å²) < 4.78 is 21.2. The molecule has 4 heterocycles. The minimum atomic E-state index is -0.450. The molecule has 0 spiro atoms. The predicted molar refractivity (Wildman–Crippen MR) is 153 cm³/mol. The number of hydrogen-bond donors (Lipinski definition) is 3. The number of imidazole rings is 1. The molecule has 41 heavy (non-hydrogen) atoms. The molecule has 2 amide bonds. The summed E-state index contributed by atoms with van der Waals surface area (Å²) in [5.41, 5.74) is 4.19. The number of amides is 2. The summed E-state index contributed by atoms with van der Waals surface area (Å²) in [4.78, 5) is 36.6. The van der Waals surface area contributed by atoms with E-state index in [2.05, 4.69) is 25.9 Å². The monoisotopic (exact) mass is 557 g/mol. The van der Waals surface area contributed by atoms with Crippen LogP contribution in [0, 0.1) is 18.7 Å². The van der Waals surface area contributed by atoms with Gasteiger partial charge in [0.2, 0.25) is 5.91 Å². The third kappa shape index (κ3) is 5.32. The highest BCUT2D eigenvalue weighted by molar-refractivity contribution is 5.96. The van der Waals surface area contributed by atoms with Gasteiger partial charge in [0, 0.05) is 61.3 Å². The number of nitrogens with one attached hydrogen (secondary N) is 3. The van der Waals surface area contributed by atoms with Crippen molar-refractivity contribution >= 4 is 29.0 Å². The molecule has 10 nitrogen and oxygen atoms in total. The van der Waals surface area contributed by atoms with E-state index in [0.717, 1.165) is 24.3 Å². The van der Waals surface area contributed by atoms with E-state index in [1.54, 1.807) is 30.7 Å². The lowest BCUT2D eigenvalue weighted by Crippen LogP contribution is -2.58. The second kappa shape index (κ2) is 11.2. The fourth-order valence-corrected chi connectivity index (χ4v) is 5.39. The molecule has 2 saturated heterocycles. The molecular weight excluding hydrogens is 525 g/mol. The van der Waals surface area contributed by atoms with E-state index >= 15 is 0 Å². The van der Waals surface area contributed by atoms with Crippen molar-refractivity contribution in [2.24, 2.45) is 5.92 Å². The van der Waals surface area contributed by atoms with Crippen molar-refractivity contribution in [2.75, 3.05) is 38.6 Å². The van der Waals surface area contributed by atoms with Gasteiger partial charge in [-0.1, -0.05) is 0 Å². The van der Waals surface area contributed by atoms with Gasteiger partial charge in [0.05, 0.1) is 25.0 Å². The first-order chi connectivity index (χ1) is 19.9. The Morgan fingerprint density at radius 1 is 1.10 bits per heavy atom. The minimum absolute atomic E-state index is 0.0269. The van der Waals surface area contributed by atoms with Crippen LogP contribution in [0.1, 0.15) is 28.8 Å². The summed E-state index contributed by atoms with van der Waals surface area (Å²) in [5.74, 6) is 0.284. The molecule has 0 bridgehead atoms. The number of anilines is 2. The molecule has 2 aromatic heterocycles. The van der Waals surface area contributed by atoms with Crippen molar-refractivity contribution in [1.29, 1.82) is 0 Å². The fourth-order valence-electron chi connectivity index (χ4n) is 5.39. The molecule has 2 aliphatic heterocycles. The van der Waals surface area contributed by atoms with E-state index in [4.69, 9.17) is 4.74 Å². The number of halogens is 1. The second-order valence-corrected chi connectivity index (χ2v) is 10.5. The topological polar surface area (TPSA) is 113 Å². The Kier molecular flexibility index (Phi) is 7.27. The van der Waals surface area contributed by atoms with E-state index < -0.39 is 5.82 Å². The normalized spacial score (nSPS) is 15.9. The Morgan fingerprint density at radius 2 is 1.90 bits per heavy atom. The summed E-state index contributed by atoms with van der Waals surface area (Å²) in [6.45, 7) is 4.68. The number of aromatic nitrogens is 3. The van der Waals surface area contributed by atoms with Gasteiger partial charge < -0.3 is 25.6 Å². The van der Waals surface area contributed by atoms with Crippen molar-refractivity contribution in [1.82, 2.24) is 29.9 Å². The van der Waals surface area contributed by atoms with Gasteiger partial charge >= 0.3 is 0 Å². The highest BCUT2D eigenvalue weighted by Gasteiger charge is 2.30. The number of piperidine rings is 1. The van der Waals surface area contributed by atoms with Gasteiger partial charge in [-0.25, -0.2) is 14.4 Å². The van der Waals surface area contributed by atoms with E-state index in [1.165, 1.54) is 13.2 Å². The maximum absolute atomic E-state index is 14.3. The molecule has 6 rings (SSSR count). The van der Waals surface area contributed by atoms with Gasteiger partial charge in [-0.3, -0.25) is 14.0 Å². The summed E-state index contributed by atoms with van der Waals surface area (Å²) in [5, 5.41) is 9.55. The Hall–Kier alpha value is -4.51. The van der Waals surface area contributed by atoms with Gasteiger partial charge in [0.25, 0.3) is 5.91 Å². The van der Waals surface area contributed by atoms with Crippen molar-refractivity contribution in [3.05, 3.63) is 71.9 Å². The van der Waals surface area contributed by atoms with Crippen LogP contribution in [0.25, 0.3) is 16.9 Å². The average molecular weight is 558 g/mol. The SMILES string of the molecule is COc1ccc(-c2cnc3c(Nc4ccc(C(=O)N5CCC(C(=O)NC6CNC6)CC5)c(C)c4)nccn23)cc1F. The van der Waals surface area contributed by atoms with E-state index in [1.807, 2.05) is 34.4 Å². The zero-order chi connectivity index (χ0) is 28.5. The van der Waals surface area contributed by atoms with Crippen molar-refractivity contribution in [3.8, 4) is 17.0 Å². The number of fused-ring (bicyclic) bond motifs is 1. The number of aryl methyl sites for hydroxylation is 1. The number of carbonyl (C=O) groups is 2. The average Bonchev–Trinajstić information content (AvgIpc) is 3.40. The number of rotatable bonds is 7. The van der Waals surface area contributed by atoms with Crippen LogP contribution in [0.15, 0.2) is 55.0 Å². The summed E-state index contributed by atoms with van der Waals surface area (Å²) >= 11 is 0. The van der Waals surface area contributed by atoms with Crippen LogP contribution in [-0.4, -0.2) is 70.4 Å². The molecule has 0 saturated carbocycles.